The summed E-state index contributed by atoms with van der Waals surface area (Å²) in [4.78, 5) is 3.17. The van der Waals surface area contributed by atoms with E-state index in [-0.39, 0.29) is 0 Å². The third-order valence-corrected chi connectivity index (χ3v) is 4.33. The molecule has 92 valence electrons. The number of hydrogen-bond donors (Lipinski definition) is 1. The molecule has 0 unspecified atom stereocenters. The number of H-pyrrole nitrogens is 1. The van der Waals surface area contributed by atoms with E-state index >= 15 is 0 Å². The van der Waals surface area contributed by atoms with Gasteiger partial charge in [-0.15, -0.1) is 0 Å². The lowest BCUT2D eigenvalue weighted by molar-refractivity contribution is 0.708. The van der Waals surface area contributed by atoms with Crippen molar-refractivity contribution in [1.29, 1.82) is 0 Å². The average Bonchev–Trinajstić information content (AvgIpc) is 2.95. The van der Waals surface area contributed by atoms with Crippen LogP contribution in [0.15, 0.2) is 35.0 Å². The van der Waals surface area contributed by atoms with Crippen LogP contribution < -0.4 is 0 Å². The smallest absolute Gasteiger partial charge is 0.178 e. The van der Waals surface area contributed by atoms with Crippen LogP contribution in [0.25, 0.3) is 11.0 Å². The second-order valence-electron chi connectivity index (χ2n) is 4.10. The van der Waals surface area contributed by atoms with E-state index in [9.17, 15) is 0 Å². The normalized spacial score (nSPS) is 11.2. The van der Waals surface area contributed by atoms with Gasteiger partial charge in [0, 0.05) is 6.54 Å². The molecule has 1 N–H and O–H groups in total. The Balaban J connectivity index is 1.99. The van der Waals surface area contributed by atoms with Gasteiger partial charge in [0.05, 0.1) is 16.1 Å². The number of halogens is 1. The largest absolute Gasteiger partial charge is 0.329 e. The van der Waals surface area contributed by atoms with Crippen LogP contribution in [-0.4, -0.2) is 9.55 Å². The molecule has 3 rings (SSSR count). The minimum Gasteiger partial charge on any atom is -0.329 e. The molecule has 0 saturated carbocycles. The summed E-state index contributed by atoms with van der Waals surface area (Å²) in [5.41, 5.74) is 3.34. The summed E-state index contributed by atoms with van der Waals surface area (Å²) in [7, 11) is 0. The third kappa shape index (κ3) is 2.11. The number of para-hydroxylation sites is 1. The van der Waals surface area contributed by atoms with Gasteiger partial charge in [-0.25, -0.2) is 0 Å². The van der Waals surface area contributed by atoms with Gasteiger partial charge in [-0.2, -0.15) is 11.3 Å². The summed E-state index contributed by atoms with van der Waals surface area (Å²) in [5, 5.41) is 4.99. The number of aromatic nitrogens is 2. The average molecular weight is 295 g/mol. The molecule has 0 aliphatic carbocycles. The minimum absolute atomic E-state index is 0.716. The number of fused-ring (bicyclic) bond motifs is 1. The number of aromatic amines is 1. The highest BCUT2D eigenvalue weighted by Crippen LogP contribution is 2.23. The predicted octanol–water partition coefficient (Wildman–Crippen LogP) is 4.66. The van der Waals surface area contributed by atoms with E-state index in [1.165, 1.54) is 5.56 Å². The number of nitrogens with one attached hydrogen (secondary N) is 1. The Morgan fingerprint density at radius 2 is 2.22 bits per heavy atom. The minimum atomic E-state index is 0.716. The summed E-state index contributed by atoms with van der Waals surface area (Å²) >= 11 is 13.2. The SMILES string of the molecule is S=c1[nH]c2c(Cl)cccc2n1CCc1ccsc1. The third-order valence-electron chi connectivity index (χ3n) is 2.96. The van der Waals surface area contributed by atoms with Gasteiger partial charge in [-0.3, -0.25) is 0 Å². The van der Waals surface area contributed by atoms with Crippen molar-refractivity contribution < 1.29 is 0 Å². The van der Waals surface area contributed by atoms with E-state index in [0.29, 0.717) is 5.02 Å². The fraction of sp³-hybridized carbons (Fsp3) is 0.154. The van der Waals surface area contributed by atoms with Crippen molar-refractivity contribution in [1.82, 2.24) is 9.55 Å². The molecule has 2 heterocycles. The summed E-state index contributed by atoms with van der Waals surface area (Å²) in [6, 6.07) is 8.02. The van der Waals surface area contributed by atoms with Crippen molar-refractivity contribution in [2.75, 3.05) is 0 Å². The Labute approximate surface area is 119 Å². The highest BCUT2D eigenvalue weighted by Gasteiger charge is 2.07. The van der Waals surface area contributed by atoms with Crippen molar-refractivity contribution in [3.05, 3.63) is 50.4 Å². The molecule has 0 saturated heterocycles. The molecule has 3 aromatic rings. The molecule has 0 bridgehead atoms. The lowest BCUT2D eigenvalue weighted by Crippen LogP contribution is -2.00. The van der Waals surface area contributed by atoms with Crippen LogP contribution in [0.3, 0.4) is 0 Å². The lowest BCUT2D eigenvalue weighted by atomic mass is 10.2. The summed E-state index contributed by atoms with van der Waals surface area (Å²) in [6.45, 7) is 0.871. The van der Waals surface area contributed by atoms with E-state index in [1.54, 1.807) is 11.3 Å². The van der Waals surface area contributed by atoms with Crippen LogP contribution in [0, 0.1) is 4.77 Å². The highest BCUT2D eigenvalue weighted by atomic mass is 35.5. The molecule has 2 aromatic heterocycles. The van der Waals surface area contributed by atoms with Crippen molar-refractivity contribution in [3.8, 4) is 0 Å². The molecule has 18 heavy (non-hydrogen) atoms. The van der Waals surface area contributed by atoms with E-state index in [2.05, 4.69) is 26.4 Å². The van der Waals surface area contributed by atoms with Gasteiger partial charge < -0.3 is 9.55 Å². The number of aryl methyl sites for hydroxylation is 2. The first kappa shape index (κ1) is 12.0. The molecule has 2 nitrogen and oxygen atoms in total. The fourth-order valence-corrected chi connectivity index (χ4v) is 3.25. The second-order valence-corrected chi connectivity index (χ2v) is 5.67. The monoisotopic (exact) mass is 294 g/mol. The number of hydrogen-bond acceptors (Lipinski definition) is 2. The molecule has 0 amide bonds. The number of rotatable bonds is 3. The Kier molecular flexibility index (Phi) is 3.24. The quantitative estimate of drug-likeness (QED) is 0.697. The molecule has 0 aliphatic rings. The van der Waals surface area contributed by atoms with Crippen LogP contribution in [-0.2, 0) is 13.0 Å². The molecule has 0 radical (unpaired) electrons. The van der Waals surface area contributed by atoms with Gasteiger partial charge in [-0.1, -0.05) is 17.7 Å². The fourth-order valence-electron chi connectivity index (χ4n) is 2.04. The van der Waals surface area contributed by atoms with E-state index in [0.717, 1.165) is 28.8 Å². The molecule has 5 heteroatoms. The number of benzene rings is 1. The first-order valence-electron chi connectivity index (χ1n) is 5.64. The Hall–Kier alpha value is -1.10. The van der Waals surface area contributed by atoms with Gasteiger partial charge in [-0.05, 0) is 53.2 Å². The molecule has 0 aliphatic heterocycles. The summed E-state index contributed by atoms with van der Waals surface area (Å²) < 4.78 is 2.84. The van der Waals surface area contributed by atoms with Crippen LogP contribution in [0.5, 0.6) is 0 Å². The summed E-state index contributed by atoms with van der Waals surface area (Å²) in [6.07, 6.45) is 0.983. The first-order chi connectivity index (χ1) is 8.75. The Morgan fingerprint density at radius 1 is 1.33 bits per heavy atom. The second kappa shape index (κ2) is 4.88. The van der Waals surface area contributed by atoms with Crippen molar-refractivity contribution >= 4 is 46.2 Å². The van der Waals surface area contributed by atoms with Crippen LogP contribution in [0.1, 0.15) is 5.56 Å². The number of thiophene rings is 1. The molecule has 0 spiro atoms. The zero-order valence-electron chi connectivity index (χ0n) is 9.52. The maximum Gasteiger partial charge on any atom is 0.178 e. The van der Waals surface area contributed by atoms with E-state index < -0.39 is 0 Å². The molecular formula is C13H11ClN2S2. The lowest BCUT2D eigenvalue weighted by Gasteiger charge is -2.03. The van der Waals surface area contributed by atoms with E-state index in [4.69, 9.17) is 23.8 Å². The van der Waals surface area contributed by atoms with Crippen LogP contribution >= 0.6 is 35.2 Å². The first-order valence-corrected chi connectivity index (χ1v) is 7.37. The summed E-state index contributed by atoms with van der Waals surface area (Å²) in [5.74, 6) is 0. The van der Waals surface area contributed by atoms with Gasteiger partial charge in [0.1, 0.15) is 0 Å². The van der Waals surface area contributed by atoms with Crippen molar-refractivity contribution in [3.63, 3.8) is 0 Å². The molecular weight excluding hydrogens is 284 g/mol. The van der Waals surface area contributed by atoms with Crippen molar-refractivity contribution in [2.45, 2.75) is 13.0 Å². The predicted molar refractivity (Wildman–Crippen MR) is 80.2 cm³/mol. The molecule has 1 aromatic carbocycles. The van der Waals surface area contributed by atoms with Crippen LogP contribution in [0.4, 0.5) is 0 Å². The molecule has 0 fully saturated rings. The number of imidazole rings is 1. The van der Waals surface area contributed by atoms with Gasteiger partial charge in [0.15, 0.2) is 4.77 Å². The zero-order chi connectivity index (χ0) is 12.5. The Bertz CT molecular complexity index is 725. The van der Waals surface area contributed by atoms with Gasteiger partial charge in [0.2, 0.25) is 0 Å². The highest BCUT2D eigenvalue weighted by molar-refractivity contribution is 7.71. The Morgan fingerprint density at radius 3 is 3.00 bits per heavy atom. The standard InChI is InChI=1S/C13H11ClN2S2/c14-10-2-1-3-11-12(10)15-13(17)16(11)6-4-9-5-7-18-8-9/h1-3,5,7-8H,4,6H2,(H,15,17). The maximum absolute atomic E-state index is 6.15. The number of nitrogens with zero attached hydrogens (tertiary/aromatic N) is 1. The van der Waals surface area contributed by atoms with Crippen LogP contribution in [0.2, 0.25) is 5.02 Å². The molecule has 0 atom stereocenters. The van der Waals surface area contributed by atoms with Gasteiger partial charge in [0.25, 0.3) is 0 Å². The zero-order valence-corrected chi connectivity index (χ0v) is 11.9. The van der Waals surface area contributed by atoms with Crippen molar-refractivity contribution in [2.24, 2.45) is 0 Å². The topological polar surface area (TPSA) is 20.7 Å². The maximum atomic E-state index is 6.15. The van der Waals surface area contributed by atoms with Gasteiger partial charge >= 0.3 is 0 Å². The van der Waals surface area contributed by atoms with E-state index in [1.807, 2.05) is 18.2 Å².